The number of carbonyl (C=O) groups is 2. The molecule has 1 aliphatic rings. The zero-order chi connectivity index (χ0) is 17.0. The van der Waals surface area contributed by atoms with E-state index in [-0.39, 0.29) is 6.42 Å². The summed E-state index contributed by atoms with van der Waals surface area (Å²) in [6.45, 7) is 5.90. The van der Waals surface area contributed by atoms with E-state index >= 15 is 0 Å². The number of benzene rings is 1. The Kier molecular flexibility index (Phi) is 5.13. The molecule has 2 N–H and O–H groups in total. The van der Waals surface area contributed by atoms with Crippen molar-refractivity contribution < 1.29 is 24.2 Å². The van der Waals surface area contributed by atoms with Crippen LogP contribution in [0.4, 0.5) is 4.79 Å². The van der Waals surface area contributed by atoms with Gasteiger partial charge in [0.15, 0.2) is 0 Å². The molecule has 0 aromatic heterocycles. The minimum atomic E-state index is -1.09. The highest BCUT2D eigenvalue weighted by atomic mass is 16.6. The first-order valence-electron chi connectivity index (χ1n) is 7.71. The number of aryl methyl sites for hydroxylation is 1. The van der Waals surface area contributed by atoms with Gasteiger partial charge in [0.2, 0.25) is 0 Å². The third-order valence-electron chi connectivity index (χ3n) is 3.40. The maximum atomic E-state index is 11.8. The maximum Gasteiger partial charge on any atom is 0.408 e. The monoisotopic (exact) mass is 321 g/mol. The van der Waals surface area contributed by atoms with E-state index in [4.69, 9.17) is 9.47 Å². The average Bonchev–Trinajstić information content (AvgIpc) is 2.44. The summed E-state index contributed by atoms with van der Waals surface area (Å²) in [6.07, 6.45) is 1.34. The zero-order valence-electron chi connectivity index (χ0n) is 13.7. The fourth-order valence-corrected chi connectivity index (χ4v) is 2.43. The van der Waals surface area contributed by atoms with Crippen LogP contribution in [0, 0.1) is 0 Å². The van der Waals surface area contributed by atoms with E-state index in [1.165, 1.54) is 0 Å². The Morgan fingerprint density at radius 1 is 1.39 bits per heavy atom. The van der Waals surface area contributed by atoms with E-state index in [2.05, 4.69) is 5.32 Å². The van der Waals surface area contributed by atoms with Crippen molar-refractivity contribution in [3.05, 3.63) is 29.3 Å². The van der Waals surface area contributed by atoms with E-state index < -0.39 is 23.7 Å². The lowest BCUT2D eigenvalue weighted by Crippen LogP contribution is -2.44. The quantitative estimate of drug-likeness (QED) is 0.890. The predicted octanol–water partition coefficient (Wildman–Crippen LogP) is 2.53. The van der Waals surface area contributed by atoms with Crippen molar-refractivity contribution in [3.63, 3.8) is 0 Å². The summed E-state index contributed by atoms with van der Waals surface area (Å²) in [4.78, 5) is 23.2. The van der Waals surface area contributed by atoms with Gasteiger partial charge in [0.05, 0.1) is 6.61 Å². The molecule has 1 amide bonds. The number of amides is 1. The highest BCUT2D eigenvalue weighted by Crippen LogP contribution is 2.26. The van der Waals surface area contributed by atoms with Gasteiger partial charge in [0.25, 0.3) is 0 Å². The number of rotatable bonds is 4. The summed E-state index contributed by atoms with van der Waals surface area (Å²) in [6, 6.07) is 4.60. The van der Waals surface area contributed by atoms with E-state index in [0.29, 0.717) is 6.61 Å². The minimum absolute atomic E-state index is 0.196. The first-order chi connectivity index (χ1) is 10.7. The van der Waals surface area contributed by atoms with Gasteiger partial charge in [-0.3, -0.25) is 0 Å². The summed E-state index contributed by atoms with van der Waals surface area (Å²) < 4.78 is 10.7. The van der Waals surface area contributed by atoms with Gasteiger partial charge >= 0.3 is 12.1 Å². The van der Waals surface area contributed by atoms with Crippen LogP contribution in [0.25, 0.3) is 0 Å². The van der Waals surface area contributed by atoms with Gasteiger partial charge in [-0.1, -0.05) is 12.1 Å². The van der Waals surface area contributed by atoms with Crippen molar-refractivity contribution in [1.29, 1.82) is 0 Å². The van der Waals surface area contributed by atoms with Crippen molar-refractivity contribution in [2.24, 2.45) is 0 Å². The summed E-state index contributed by atoms with van der Waals surface area (Å²) in [5.74, 6) is -0.239. The van der Waals surface area contributed by atoms with E-state index in [9.17, 15) is 14.7 Å². The van der Waals surface area contributed by atoms with Crippen molar-refractivity contribution in [2.75, 3.05) is 6.61 Å². The van der Waals surface area contributed by atoms with Crippen LogP contribution in [0.5, 0.6) is 5.75 Å². The molecule has 6 heteroatoms. The van der Waals surface area contributed by atoms with Gasteiger partial charge < -0.3 is 19.9 Å². The molecule has 1 unspecified atom stereocenters. The Labute approximate surface area is 135 Å². The number of aliphatic carboxylic acids is 1. The number of alkyl carbamates (subject to hydrolysis) is 1. The number of carboxylic acid groups (broad SMARTS) is 1. The average molecular weight is 321 g/mol. The number of hydrogen-bond acceptors (Lipinski definition) is 4. The molecule has 0 spiro atoms. The van der Waals surface area contributed by atoms with Crippen molar-refractivity contribution in [3.8, 4) is 5.75 Å². The lowest BCUT2D eigenvalue weighted by molar-refractivity contribution is -0.139. The number of hydrogen-bond donors (Lipinski definition) is 2. The molecule has 1 aliphatic heterocycles. The molecule has 0 radical (unpaired) electrons. The zero-order valence-corrected chi connectivity index (χ0v) is 13.7. The molecule has 23 heavy (non-hydrogen) atoms. The predicted molar refractivity (Wildman–Crippen MR) is 84.8 cm³/mol. The molecule has 1 atom stereocenters. The number of ether oxygens (including phenoxy) is 2. The molecule has 0 aliphatic carbocycles. The Morgan fingerprint density at radius 2 is 2.13 bits per heavy atom. The molecule has 0 bridgehead atoms. The molecule has 1 heterocycles. The van der Waals surface area contributed by atoms with Crippen LogP contribution in [0.2, 0.25) is 0 Å². The maximum absolute atomic E-state index is 11.8. The van der Waals surface area contributed by atoms with Gasteiger partial charge in [-0.15, -0.1) is 0 Å². The minimum Gasteiger partial charge on any atom is -0.493 e. The molecule has 1 aromatic rings. The molecule has 0 fully saturated rings. The van der Waals surface area contributed by atoms with Crippen LogP contribution >= 0.6 is 0 Å². The standard InChI is InChI=1S/C17H23NO5/c1-17(2,3)23-16(21)18-13(15(19)20)10-11-6-7-14-12(9-11)5-4-8-22-14/h6-7,9,13H,4-5,8,10H2,1-3H3,(H,18,21)(H,19,20). The van der Waals surface area contributed by atoms with Crippen molar-refractivity contribution in [2.45, 2.75) is 51.7 Å². The Balaban J connectivity index is 2.04. The Bertz CT molecular complexity index is 591. The fraction of sp³-hybridized carbons (Fsp3) is 0.529. The smallest absolute Gasteiger partial charge is 0.408 e. The van der Waals surface area contributed by atoms with Crippen molar-refractivity contribution in [1.82, 2.24) is 5.32 Å². The molecular formula is C17H23NO5. The second-order valence-electron chi connectivity index (χ2n) is 6.64. The number of carbonyl (C=O) groups excluding carboxylic acids is 1. The second-order valence-corrected chi connectivity index (χ2v) is 6.64. The van der Waals surface area contributed by atoms with Crippen LogP contribution in [-0.2, 0) is 22.4 Å². The van der Waals surface area contributed by atoms with Crippen LogP contribution in [0.3, 0.4) is 0 Å². The van der Waals surface area contributed by atoms with Crippen LogP contribution in [0.1, 0.15) is 38.3 Å². The van der Waals surface area contributed by atoms with Crippen LogP contribution in [0.15, 0.2) is 18.2 Å². The molecule has 1 aromatic carbocycles. The number of fused-ring (bicyclic) bond motifs is 1. The normalized spacial score (nSPS) is 15.1. The topological polar surface area (TPSA) is 84.9 Å². The largest absolute Gasteiger partial charge is 0.493 e. The van der Waals surface area contributed by atoms with Gasteiger partial charge in [-0.2, -0.15) is 0 Å². The summed E-state index contributed by atoms with van der Waals surface area (Å²) in [7, 11) is 0. The van der Waals surface area contributed by atoms with Gasteiger partial charge in [-0.05, 0) is 50.8 Å². The summed E-state index contributed by atoms with van der Waals surface area (Å²) in [5, 5.41) is 11.7. The third-order valence-corrected chi connectivity index (χ3v) is 3.40. The summed E-state index contributed by atoms with van der Waals surface area (Å²) in [5.41, 5.74) is 1.25. The lowest BCUT2D eigenvalue weighted by atomic mass is 9.99. The van der Waals surface area contributed by atoms with E-state index in [1.54, 1.807) is 20.8 Å². The van der Waals surface area contributed by atoms with E-state index in [1.807, 2.05) is 18.2 Å². The van der Waals surface area contributed by atoms with Crippen LogP contribution < -0.4 is 10.1 Å². The molecular weight excluding hydrogens is 298 g/mol. The van der Waals surface area contributed by atoms with E-state index in [0.717, 1.165) is 29.7 Å². The van der Waals surface area contributed by atoms with Gasteiger partial charge in [0, 0.05) is 6.42 Å². The number of carboxylic acids is 1. The Hall–Kier alpha value is -2.24. The lowest BCUT2D eigenvalue weighted by Gasteiger charge is -2.22. The first-order valence-corrected chi connectivity index (χ1v) is 7.71. The van der Waals surface area contributed by atoms with Crippen molar-refractivity contribution >= 4 is 12.1 Å². The first kappa shape index (κ1) is 17.1. The van der Waals surface area contributed by atoms with Gasteiger partial charge in [0.1, 0.15) is 17.4 Å². The molecule has 0 saturated carbocycles. The Morgan fingerprint density at radius 3 is 2.78 bits per heavy atom. The van der Waals surface area contributed by atoms with Crippen LogP contribution in [-0.4, -0.2) is 35.4 Å². The summed E-state index contributed by atoms with van der Waals surface area (Å²) >= 11 is 0. The molecule has 6 nitrogen and oxygen atoms in total. The molecule has 0 saturated heterocycles. The second kappa shape index (κ2) is 6.89. The highest BCUT2D eigenvalue weighted by molar-refractivity contribution is 5.80. The SMILES string of the molecule is CC(C)(C)OC(=O)NC(Cc1ccc2c(c1)CCCO2)C(=O)O. The highest BCUT2D eigenvalue weighted by Gasteiger charge is 2.24. The number of nitrogens with one attached hydrogen (secondary N) is 1. The molecule has 126 valence electrons. The fourth-order valence-electron chi connectivity index (χ4n) is 2.43. The third kappa shape index (κ3) is 5.16. The van der Waals surface area contributed by atoms with Gasteiger partial charge in [-0.25, -0.2) is 9.59 Å². The molecule has 2 rings (SSSR count).